The van der Waals surface area contributed by atoms with Crippen molar-refractivity contribution in [3.63, 3.8) is 0 Å². The van der Waals surface area contributed by atoms with Crippen LogP contribution < -0.4 is 4.74 Å². The summed E-state index contributed by atoms with van der Waals surface area (Å²) in [5.41, 5.74) is 0.536. The number of hydrogen-bond acceptors (Lipinski definition) is 3. The Morgan fingerprint density at radius 1 is 1.56 bits per heavy atom. The van der Waals surface area contributed by atoms with Crippen molar-refractivity contribution in [3.05, 3.63) is 42.5 Å². The van der Waals surface area contributed by atoms with E-state index in [0.717, 1.165) is 0 Å². The van der Waals surface area contributed by atoms with E-state index in [0.29, 0.717) is 37.4 Å². The second kappa shape index (κ2) is 5.69. The smallest absolute Gasteiger partial charge is 0.257 e. The molecule has 96 valence electrons. The van der Waals surface area contributed by atoms with Crippen LogP contribution in [-0.4, -0.2) is 41.7 Å². The van der Waals surface area contributed by atoms with Crippen LogP contribution in [0.1, 0.15) is 16.8 Å². The van der Waals surface area contributed by atoms with Crippen LogP contribution in [0.15, 0.2) is 36.9 Å². The van der Waals surface area contributed by atoms with Gasteiger partial charge in [-0.05, 0) is 18.6 Å². The molecule has 4 heteroatoms. The minimum absolute atomic E-state index is 0.0915. The van der Waals surface area contributed by atoms with E-state index >= 15 is 0 Å². The van der Waals surface area contributed by atoms with Crippen LogP contribution in [0.4, 0.5) is 0 Å². The van der Waals surface area contributed by atoms with Crippen molar-refractivity contribution in [2.75, 3.05) is 19.7 Å². The first-order valence-corrected chi connectivity index (χ1v) is 6.02. The monoisotopic (exact) mass is 247 g/mol. The normalized spacial score (nSPS) is 18.7. The molecule has 0 saturated carbocycles. The predicted molar refractivity (Wildman–Crippen MR) is 68.7 cm³/mol. The first-order chi connectivity index (χ1) is 8.72. The minimum atomic E-state index is -0.407. The van der Waals surface area contributed by atoms with Gasteiger partial charge in [0, 0.05) is 13.1 Å². The lowest BCUT2D eigenvalue weighted by Gasteiger charge is -2.17. The van der Waals surface area contributed by atoms with Crippen molar-refractivity contribution in [2.24, 2.45) is 0 Å². The van der Waals surface area contributed by atoms with Gasteiger partial charge in [0.1, 0.15) is 12.4 Å². The molecular formula is C14H17NO3. The molecule has 1 aliphatic rings. The fourth-order valence-corrected chi connectivity index (χ4v) is 2.01. The quantitative estimate of drug-likeness (QED) is 0.819. The van der Waals surface area contributed by atoms with Crippen molar-refractivity contribution in [1.29, 1.82) is 0 Å². The van der Waals surface area contributed by atoms with E-state index in [1.54, 1.807) is 29.2 Å². The maximum Gasteiger partial charge on any atom is 0.257 e. The highest BCUT2D eigenvalue weighted by Gasteiger charge is 2.26. The standard InChI is InChI=1S/C14H17NO3/c1-2-9-18-13-6-4-3-5-12(13)14(17)15-8-7-11(16)10-15/h2-6,11,16H,1,7-10H2/t11-/m0/s1. The van der Waals surface area contributed by atoms with Crippen molar-refractivity contribution in [3.8, 4) is 5.75 Å². The molecule has 1 saturated heterocycles. The number of likely N-dealkylation sites (tertiary alicyclic amines) is 1. The van der Waals surface area contributed by atoms with Gasteiger partial charge in [-0.1, -0.05) is 24.8 Å². The Bertz CT molecular complexity index is 444. The highest BCUT2D eigenvalue weighted by atomic mass is 16.5. The number of hydrogen-bond donors (Lipinski definition) is 1. The molecule has 1 aromatic rings. The third-order valence-electron chi connectivity index (χ3n) is 2.92. The number of rotatable bonds is 4. The van der Waals surface area contributed by atoms with E-state index in [2.05, 4.69) is 6.58 Å². The molecule has 18 heavy (non-hydrogen) atoms. The molecule has 1 aliphatic heterocycles. The van der Waals surface area contributed by atoms with Gasteiger partial charge in [-0.2, -0.15) is 0 Å². The van der Waals surface area contributed by atoms with Gasteiger partial charge in [-0.15, -0.1) is 0 Å². The summed E-state index contributed by atoms with van der Waals surface area (Å²) in [7, 11) is 0. The fourth-order valence-electron chi connectivity index (χ4n) is 2.01. The fraction of sp³-hybridized carbons (Fsp3) is 0.357. The zero-order valence-electron chi connectivity index (χ0n) is 10.2. The molecular weight excluding hydrogens is 230 g/mol. The lowest BCUT2D eigenvalue weighted by molar-refractivity contribution is 0.0761. The Balaban J connectivity index is 2.16. The Morgan fingerprint density at radius 2 is 2.33 bits per heavy atom. The zero-order chi connectivity index (χ0) is 13.0. The Morgan fingerprint density at radius 3 is 3.00 bits per heavy atom. The van der Waals surface area contributed by atoms with Crippen molar-refractivity contribution < 1.29 is 14.6 Å². The molecule has 4 nitrogen and oxygen atoms in total. The second-order valence-corrected chi connectivity index (χ2v) is 4.29. The summed E-state index contributed by atoms with van der Waals surface area (Å²) in [5, 5.41) is 9.47. The Kier molecular flexibility index (Phi) is 3.99. The van der Waals surface area contributed by atoms with Crippen molar-refractivity contribution >= 4 is 5.91 Å². The first-order valence-electron chi connectivity index (χ1n) is 6.02. The van der Waals surface area contributed by atoms with Gasteiger partial charge in [0.2, 0.25) is 0 Å². The van der Waals surface area contributed by atoms with Crippen LogP contribution in [0.5, 0.6) is 5.75 Å². The number of amides is 1. The third kappa shape index (κ3) is 2.71. The topological polar surface area (TPSA) is 49.8 Å². The number of aliphatic hydroxyl groups is 1. The predicted octanol–water partition coefficient (Wildman–Crippen LogP) is 1.46. The molecule has 0 aliphatic carbocycles. The van der Waals surface area contributed by atoms with Crippen molar-refractivity contribution in [1.82, 2.24) is 4.90 Å². The molecule has 1 fully saturated rings. The summed E-state index contributed by atoms with van der Waals surface area (Å²) in [6.07, 6.45) is 1.87. The number of nitrogens with zero attached hydrogens (tertiary/aromatic N) is 1. The largest absolute Gasteiger partial charge is 0.489 e. The average Bonchev–Trinajstić information content (AvgIpc) is 2.82. The summed E-state index contributed by atoms with van der Waals surface area (Å²) in [6, 6.07) is 7.14. The minimum Gasteiger partial charge on any atom is -0.489 e. The molecule has 0 unspecified atom stereocenters. The van der Waals surface area contributed by atoms with Gasteiger partial charge >= 0.3 is 0 Å². The molecule has 1 amide bonds. The highest BCUT2D eigenvalue weighted by Crippen LogP contribution is 2.22. The van der Waals surface area contributed by atoms with Crippen LogP contribution >= 0.6 is 0 Å². The maximum absolute atomic E-state index is 12.3. The number of para-hydroxylation sites is 1. The van der Waals surface area contributed by atoms with E-state index in [4.69, 9.17) is 4.74 Å². The zero-order valence-corrected chi connectivity index (χ0v) is 10.2. The van der Waals surface area contributed by atoms with Gasteiger partial charge in [0.05, 0.1) is 11.7 Å². The number of carbonyl (C=O) groups is 1. The summed E-state index contributed by atoms with van der Waals surface area (Å²) >= 11 is 0. The summed E-state index contributed by atoms with van der Waals surface area (Å²) < 4.78 is 5.47. The molecule has 0 bridgehead atoms. The number of aliphatic hydroxyl groups excluding tert-OH is 1. The molecule has 1 heterocycles. The van der Waals surface area contributed by atoms with Crippen LogP contribution in [0, 0.1) is 0 Å². The van der Waals surface area contributed by atoms with E-state index in [1.165, 1.54) is 0 Å². The summed E-state index contributed by atoms with van der Waals surface area (Å²) in [4.78, 5) is 13.9. The lowest BCUT2D eigenvalue weighted by Crippen LogP contribution is -2.29. The van der Waals surface area contributed by atoms with Crippen LogP contribution in [0.3, 0.4) is 0 Å². The van der Waals surface area contributed by atoms with E-state index in [-0.39, 0.29) is 5.91 Å². The van der Waals surface area contributed by atoms with E-state index in [9.17, 15) is 9.90 Å². The molecule has 0 radical (unpaired) electrons. The van der Waals surface area contributed by atoms with E-state index in [1.807, 2.05) is 6.07 Å². The number of carbonyl (C=O) groups excluding carboxylic acids is 1. The molecule has 0 aromatic heterocycles. The molecule has 1 N–H and O–H groups in total. The Hall–Kier alpha value is -1.81. The molecule has 2 rings (SSSR count). The van der Waals surface area contributed by atoms with Gasteiger partial charge in [0.15, 0.2) is 0 Å². The summed E-state index contributed by atoms with van der Waals surface area (Å²) in [6.45, 7) is 4.94. The van der Waals surface area contributed by atoms with Gasteiger partial charge in [-0.3, -0.25) is 4.79 Å². The highest BCUT2D eigenvalue weighted by molar-refractivity contribution is 5.97. The summed E-state index contributed by atoms with van der Waals surface area (Å²) in [5.74, 6) is 0.468. The number of β-amino-alcohol motifs (C(OH)–C–C–N with tert-alkyl or cyclic N) is 1. The number of ether oxygens (including phenoxy) is 1. The first kappa shape index (κ1) is 12.6. The molecule has 1 atom stereocenters. The molecule has 1 aromatic carbocycles. The van der Waals surface area contributed by atoms with Gasteiger partial charge in [0.25, 0.3) is 5.91 Å². The van der Waals surface area contributed by atoms with Crippen LogP contribution in [-0.2, 0) is 0 Å². The SMILES string of the molecule is C=CCOc1ccccc1C(=O)N1CC[C@H](O)C1. The Labute approximate surface area is 106 Å². The van der Waals surface area contributed by atoms with Gasteiger partial charge in [-0.25, -0.2) is 0 Å². The number of benzene rings is 1. The second-order valence-electron chi connectivity index (χ2n) is 4.29. The van der Waals surface area contributed by atoms with Gasteiger partial charge < -0.3 is 14.7 Å². The maximum atomic E-state index is 12.3. The lowest BCUT2D eigenvalue weighted by atomic mass is 10.2. The van der Waals surface area contributed by atoms with E-state index < -0.39 is 6.10 Å². The van der Waals surface area contributed by atoms with Crippen LogP contribution in [0.2, 0.25) is 0 Å². The molecule has 0 spiro atoms. The third-order valence-corrected chi connectivity index (χ3v) is 2.92. The van der Waals surface area contributed by atoms with Crippen LogP contribution in [0.25, 0.3) is 0 Å². The average molecular weight is 247 g/mol. The van der Waals surface area contributed by atoms with Crippen molar-refractivity contribution in [2.45, 2.75) is 12.5 Å².